The molecule has 6 nitrogen and oxygen atoms in total. The lowest BCUT2D eigenvalue weighted by Gasteiger charge is -2.10. The van der Waals surface area contributed by atoms with E-state index in [1.54, 1.807) is 0 Å². The highest BCUT2D eigenvalue weighted by atomic mass is 32.2. The van der Waals surface area contributed by atoms with Gasteiger partial charge in [-0.1, -0.05) is 48.2 Å². The lowest BCUT2D eigenvalue weighted by molar-refractivity contribution is 0.0953. The molecular weight excluding hydrogens is 412 g/mol. The number of hydrogen-bond donors (Lipinski definition) is 1. The van der Waals surface area contributed by atoms with Gasteiger partial charge in [-0.15, -0.1) is 0 Å². The zero-order chi connectivity index (χ0) is 21.0. The van der Waals surface area contributed by atoms with Crippen LogP contribution < -0.4 is 14.8 Å². The molecule has 4 aromatic rings. The average Bonchev–Trinajstić information content (AvgIpc) is 3.44. The molecule has 0 bridgehead atoms. The van der Waals surface area contributed by atoms with Gasteiger partial charge in [-0.05, 0) is 47.9 Å². The van der Waals surface area contributed by atoms with Gasteiger partial charge in [0.15, 0.2) is 17.1 Å². The van der Waals surface area contributed by atoms with E-state index in [0.717, 1.165) is 33.7 Å². The molecule has 1 aliphatic rings. The van der Waals surface area contributed by atoms with Gasteiger partial charge in [0.05, 0.1) is 0 Å². The maximum absolute atomic E-state index is 12.8. The highest BCUT2D eigenvalue weighted by Crippen LogP contribution is 2.32. The second-order valence-corrected chi connectivity index (χ2v) is 8.01. The quantitative estimate of drug-likeness (QED) is 0.422. The van der Waals surface area contributed by atoms with Gasteiger partial charge in [-0.3, -0.25) is 4.79 Å². The smallest absolute Gasteiger partial charge is 0.257 e. The Hall–Kier alpha value is -3.45. The monoisotopic (exact) mass is 432 g/mol. The minimum absolute atomic E-state index is 0.0884. The largest absolute Gasteiger partial charge is 0.454 e. The summed E-state index contributed by atoms with van der Waals surface area (Å²) in [5, 5.41) is 3.61. The number of nitrogens with zero attached hydrogens (tertiary/aromatic N) is 1. The Balaban J connectivity index is 1.20. The van der Waals surface area contributed by atoms with Crippen LogP contribution in [0.5, 0.6) is 11.5 Å². The Morgan fingerprint density at radius 3 is 2.77 bits per heavy atom. The summed E-state index contributed by atoms with van der Waals surface area (Å²) in [6, 6.07) is 21.1. The number of aromatic nitrogens is 1. The molecule has 1 aromatic heterocycles. The molecule has 3 aromatic carbocycles. The number of thioether (sulfide) groups is 1. The number of benzene rings is 3. The van der Waals surface area contributed by atoms with Crippen LogP contribution in [-0.2, 0) is 12.2 Å². The van der Waals surface area contributed by atoms with Crippen molar-refractivity contribution in [2.24, 2.45) is 0 Å². The topological polar surface area (TPSA) is 73.6 Å². The lowest BCUT2D eigenvalue weighted by Crippen LogP contribution is -2.26. The van der Waals surface area contributed by atoms with Crippen molar-refractivity contribution >= 4 is 28.8 Å². The molecule has 5 rings (SSSR count). The molecule has 1 amide bonds. The normalized spacial score (nSPS) is 12.3. The van der Waals surface area contributed by atoms with Crippen molar-refractivity contribution in [3.05, 3.63) is 83.4 Å². The third kappa shape index (κ3) is 4.36. The predicted molar refractivity (Wildman–Crippen MR) is 119 cm³/mol. The molecule has 0 spiro atoms. The fourth-order valence-electron chi connectivity index (χ4n) is 3.43. The van der Waals surface area contributed by atoms with Gasteiger partial charge in [-0.25, -0.2) is 4.98 Å². The average molecular weight is 433 g/mol. The van der Waals surface area contributed by atoms with Crippen LogP contribution >= 0.6 is 11.8 Å². The molecular formula is C24H20N2O4S. The van der Waals surface area contributed by atoms with Crippen molar-refractivity contribution in [3.63, 3.8) is 0 Å². The maximum Gasteiger partial charge on any atom is 0.257 e. The molecule has 0 unspecified atom stereocenters. The standard InChI is InChI=1S/C24H20N2O4S/c27-23(25-12-11-16-9-10-21-22(13-16)29-15-28-21)18-6-2-1-5-17(18)14-31-24-26-19-7-3-4-8-20(19)30-24/h1-10,13H,11-12,14-15H2,(H,25,27). The second-order valence-electron chi connectivity index (χ2n) is 7.09. The molecule has 0 saturated carbocycles. The number of nitrogens with one attached hydrogen (secondary N) is 1. The molecule has 156 valence electrons. The molecule has 2 heterocycles. The number of rotatable bonds is 7. The first kappa shape index (κ1) is 19.5. The zero-order valence-corrected chi connectivity index (χ0v) is 17.5. The van der Waals surface area contributed by atoms with E-state index in [0.29, 0.717) is 29.5 Å². The molecule has 0 aliphatic carbocycles. The summed E-state index contributed by atoms with van der Waals surface area (Å²) in [5.41, 5.74) is 4.29. The number of amides is 1. The third-order valence-electron chi connectivity index (χ3n) is 5.02. The van der Waals surface area contributed by atoms with Gasteiger partial charge in [0.2, 0.25) is 6.79 Å². The van der Waals surface area contributed by atoms with Crippen molar-refractivity contribution in [1.29, 1.82) is 0 Å². The van der Waals surface area contributed by atoms with Crippen LogP contribution in [0.4, 0.5) is 0 Å². The number of carbonyl (C=O) groups is 1. The van der Waals surface area contributed by atoms with Crippen molar-refractivity contribution in [2.75, 3.05) is 13.3 Å². The highest BCUT2D eigenvalue weighted by molar-refractivity contribution is 7.98. The van der Waals surface area contributed by atoms with Crippen molar-refractivity contribution < 1.29 is 18.7 Å². The minimum Gasteiger partial charge on any atom is -0.454 e. The number of carbonyl (C=O) groups excluding carboxylic acids is 1. The summed E-state index contributed by atoms with van der Waals surface area (Å²) in [5.74, 6) is 2.02. The predicted octanol–water partition coefficient (Wildman–Crippen LogP) is 4.82. The number of para-hydroxylation sites is 2. The van der Waals surface area contributed by atoms with E-state index in [2.05, 4.69) is 10.3 Å². The number of hydrogen-bond acceptors (Lipinski definition) is 6. The van der Waals surface area contributed by atoms with E-state index in [1.165, 1.54) is 11.8 Å². The molecule has 0 atom stereocenters. The van der Waals surface area contributed by atoms with E-state index in [9.17, 15) is 4.79 Å². The Bertz CT molecular complexity index is 1200. The molecule has 31 heavy (non-hydrogen) atoms. The summed E-state index contributed by atoms with van der Waals surface area (Å²) in [6.07, 6.45) is 0.711. The molecule has 7 heteroatoms. The third-order valence-corrected chi connectivity index (χ3v) is 5.90. The molecule has 1 N–H and O–H groups in total. The summed E-state index contributed by atoms with van der Waals surface area (Å²) >= 11 is 1.48. The fraction of sp³-hybridized carbons (Fsp3) is 0.167. The Morgan fingerprint density at radius 2 is 1.84 bits per heavy atom. The van der Waals surface area contributed by atoms with E-state index >= 15 is 0 Å². The summed E-state index contributed by atoms with van der Waals surface area (Å²) in [4.78, 5) is 17.3. The fourth-order valence-corrected chi connectivity index (χ4v) is 4.27. The maximum atomic E-state index is 12.8. The van der Waals surface area contributed by atoms with Gasteiger partial charge >= 0.3 is 0 Å². The van der Waals surface area contributed by atoms with Gasteiger partial charge in [-0.2, -0.15) is 0 Å². The van der Waals surface area contributed by atoms with Gasteiger partial charge in [0.1, 0.15) is 5.52 Å². The molecule has 1 aliphatic heterocycles. The van der Waals surface area contributed by atoms with Crippen LogP contribution in [0, 0.1) is 0 Å². The molecule has 0 saturated heterocycles. The van der Waals surface area contributed by atoms with Gasteiger partial charge < -0.3 is 19.2 Å². The van der Waals surface area contributed by atoms with Crippen molar-refractivity contribution in [3.8, 4) is 11.5 Å². The lowest BCUT2D eigenvalue weighted by atomic mass is 10.1. The van der Waals surface area contributed by atoms with Gasteiger partial charge in [0.25, 0.3) is 11.1 Å². The van der Waals surface area contributed by atoms with Crippen LogP contribution in [0.1, 0.15) is 21.5 Å². The summed E-state index contributed by atoms with van der Waals surface area (Å²) in [6.45, 7) is 0.791. The van der Waals surface area contributed by atoms with Crippen LogP contribution in [-0.4, -0.2) is 24.2 Å². The van der Waals surface area contributed by atoms with Crippen molar-refractivity contribution in [2.45, 2.75) is 17.4 Å². The first-order chi connectivity index (χ1) is 15.3. The first-order valence-corrected chi connectivity index (χ1v) is 11.0. The van der Waals surface area contributed by atoms with E-state index in [-0.39, 0.29) is 12.7 Å². The summed E-state index contributed by atoms with van der Waals surface area (Å²) in [7, 11) is 0. The molecule has 0 radical (unpaired) electrons. The van der Waals surface area contributed by atoms with Crippen LogP contribution in [0.3, 0.4) is 0 Å². The highest BCUT2D eigenvalue weighted by Gasteiger charge is 2.15. The zero-order valence-electron chi connectivity index (χ0n) is 16.7. The SMILES string of the molecule is O=C(NCCc1ccc2c(c1)OCO2)c1ccccc1CSc1nc2ccccc2o1. The number of fused-ring (bicyclic) bond motifs is 2. The van der Waals surface area contributed by atoms with Gasteiger partial charge in [0, 0.05) is 17.9 Å². The Morgan fingerprint density at radius 1 is 1.00 bits per heavy atom. The number of ether oxygens (including phenoxy) is 2. The van der Waals surface area contributed by atoms with E-state index in [4.69, 9.17) is 13.9 Å². The van der Waals surface area contributed by atoms with E-state index in [1.807, 2.05) is 66.7 Å². The second kappa shape index (κ2) is 8.73. The first-order valence-electron chi connectivity index (χ1n) is 9.99. The minimum atomic E-state index is -0.0884. The number of oxazole rings is 1. The van der Waals surface area contributed by atoms with Crippen LogP contribution in [0.25, 0.3) is 11.1 Å². The van der Waals surface area contributed by atoms with Crippen LogP contribution in [0.15, 0.2) is 76.4 Å². The van der Waals surface area contributed by atoms with Crippen LogP contribution in [0.2, 0.25) is 0 Å². The van der Waals surface area contributed by atoms with E-state index < -0.39 is 0 Å². The Labute approximate surface area is 183 Å². The molecule has 0 fully saturated rings. The Kier molecular flexibility index (Phi) is 5.50. The van der Waals surface area contributed by atoms with Crippen molar-refractivity contribution in [1.82, 2.24) is 10.3 Å². The summed E-state index contributed by atoms with van der Waals surface area (Å²) < 4.78 is 16.5.